The zero-order valence-electron chi connectivity index (χ0n) is 8.22. The summed E-state index contributed by atoms with van der Waals surface area (Å²) in [6.07, 6.45) is 12.2. The van der Waals surface area contributed by atoms with Crippen molar-refractivity contribution >= 4 is 5.57 Å². The molecule has 0 atom stereocenters. The Morgan fingerprint density at radius 1 is 1.14 bits per heavy atom. The molecule has 1 aromatic heterocycles. The van der Waals surface area contributed by atoms with E-state index >= 15 is 0 Å². The maximum Gasteiger partial charge on any atom is 0.174 e. The lowest BCUT2D eigenvalue weighted by atomic mass is 10.1. The second-order valence-corrected chi connectivity index (χ2v) is 3.35. The summed E-state index contributed by atoms with van der Waals surface area (Å²) < 4.78 is 1.78. The number of rotatable bonds is 0. The first-order chi connectivity index (χ1) is 6.75. The quantitative estimate of drug-likeness (QED) is 0.542. The van der Waals surface area contributed by atoms with E-state index in [0.29, 0.717) is 0 Å². The minimum atomic E-state index is 1.21. The van der Waals surface area contributed by atoms with Crippen LogP contribution in [0.1, 0.15) is 0 Å². The molecule has 0 spiro atoms. The molecule has 0 unspecified atom stereocenters. The Balaban J connectivity index is 2.52. The van der Waals surface area contributed by atoms with Crippen molar-refractivity contribution in [3.05, 3.63) is 61.0 Å². The van der Waals surface area contributed by atoms with Crippen molar-refractivity contribution in [1.82, 2.24) is 4.90 Å². The van der Waals surface area contributed by atoms with Crippen molar-refractivity contribution < 1.29 is 4.24 Å². The SMILES string of the molecule is C=[n+]1ccc(=C2C=CN(C)C=C2)cc1. The monoisotopic (exact) mass is 185 g/mol. The van der Waals surface area contributed by atoms with Crippen LogP contribution in [0.15, 0.2) is 49.1 Å². The third kappa shape index (κ3) is 1.74. The lowest BCUT2D eigenvalue weighted by Crippen LogP contribution is -2.17. The predicted octanol–water partition coefficient (Wildman–Crippen LogP) is 0.737. The topological polar surface area (TPSA) is 9.14 Å². The molecule has 1 aromatic rings. The Hall–Kier alpha value is -1.83. The number of hydrogen-bond acceptors (Lipinski definition) is 1. The average Bonchev–Trinajstić information content (AvgIpc) is 2.21. The molecule has 0 saturated carbocycles. The van der Waals surface area contributed by atoms with Crippen LogP contribution in [0.2, 0.25) is 0 Å². The maximum atomic E-state index is 3.78. The molecule has 14 heavy (non-hydrogen) atoms. The molecule has 2 rings (SSSR count). The van der Waals surface area contributed by atoms with E-state index < -0.39 is 0 Å². The highest BCUT2D eigenvalue weighted by molar-refractivity contribution is 5.67. The molecule has 0 bridgehead atoms. The largest absolute Gasteiger partial charge is 0.357 e. The van der Waals surface area contributed by atoms with Gasteiger partial charge in [0.15, 0.2) is 12.4 Å². The van der Waals surface area contributed by atoms with Gasteiger partial charge in [0, 0.05) is 31.6 Å². The molecule has 2 heterocycles. The summed E-state index contributed by atoms with van der Waals surface area (Å²) in [6.45, 7) is 3.78. The van der Waals surface area contributed by atoms with Gasteiger partial charge >= 0.3 is 0 Å². The molecule has 0 aromatic carbocycles. The average molecular weight is 185 g/mol. The number of nitrogens with zero attached hydrogens (tertiary/aromatic N) is 2. The van der Waals surface area contributed by atoms with Crippen molar-refractivity contribution in [2.75, 3.05) is 7.05 Å². The summed E-state index contributed by atoms with van der Waals surface area (Å²) >= 11 is 0. The normalized spacial score (nSPS) is 14.9. The summed E-state index contributed by atoms with van der Waals surface area (Å²) in [7, 11) is 2.01. The summed E-state index contributed by atoms with van der Waals surface area (Å²) in [6, 6.07) is 4.12. The van der Waals surface area contributed by atoms with E-state index in [4.69, 9.17) is 0 Å². The molecular weight excluding hydrogens is 172 g/mol. The van der Waals surface area contributed by atoms with Gasteiger partial charge in [0.25, 0.3) is 0 Å². The van der Waals surface area contributed by atoms with Gasteiger partial charge in [0.1, 0.15) is 6.72 Å². The van der Waals surface area contributed by atoms with Gasteiger partial charge in [-0.25, -0.2) is 0 Å². The highest BCUT2D eigenvalue weighted by atomic mass is 15.0. The Labute approximate surface area is 83.4 Å². The van der Waals surface area contributed by atoms with Crippen LogP contribution in [0.5, 0.6) is 0 Å². The van der Waals surface area contributed by atoms with Crippen molar-refractivity contribution in [3.8, 4) is 0 Å². The van der Waals surface area contributed by atoms with Crippen LogP contribution in [0.3, 0.4) is 0 Å². The molecule has 0 aliphatic carbocycles. The van der Waals surface area contributed by atoms with Crippen molar-refractivity contribution in [1.29, 1.82) is 0 Å². The van der Waals surface area contributed by atoms with E-state index in [-0.39, 0.29) is 0 Å². The molecule has 2 nitrogen and oxygen atoms in total. The van der Waals surface area contributed by atoms with Crippen molar-refractivity contribution in [3.63, 3.8) is 0 Å². The zero-order chi connectivity index (χ0) is 9.97. The van der Waals surface area contributed by atoms with Gasteiger partial charge in [-0.3, -0.25) is 0 Å². The fourth-order valence-corrected chi connectivity index (χ4v) is 1.34. The van der Waals surface area contributed by atoms with Crippen LogP contribution >= 0.6 is 0 Å². The van der Waals surface area contributed by atoms with Gasteiger partial charge in [-0.2, -0.15) is 4.24 Å². The van der Waals surface area contributed by atoms with Crippen LogP contribution in [0.25, 0.3) is 5.57 Å². The number of allylic oxidation sites excluding steroid dienone is 2. The second kappa shape index (κ2) is 3.50. The third-order valence-electron chi connectivity index (χ3n) is 2.20. The lowest BCUT2D eigenvalue weighted by Gasteiger charge is -2.11. The minimum absolute atomic E-state index is 1.21. The molecule has 0 amide bonds. The highest BCUT2D eigenvalue weighted by Gasteiger charge is 1.96. The molecule has 0 fully saturated rings. The molecule has 1 aliphatic heterocycles. The van der Waals surface area contributed by atoms with E-state index in [9.17, 15) is 0 Å². The van der Waals surface area contributed by atoms with Gasteiger partial charge in [0.05, 0.1) is 0 Å². The van der Waals surface area contributed by atoms with Gasteiger partial charge in [0.2, 0.25) is 0 Å². The number of aromatic nitrogens is 1. The Bertz CT molecular complexity index is 458. The van der Waals surface area contributed by atoms with Crippen molar-refractivity contribution in [2.24, 2.45) is 0 Å². The summed E-state index contributed by atoms with van der Waals surface area (Å²) in [5, 5.41) is 1.21. The Morgan fingerprint density at radius 3 is 2.29 bits per heavy atom. The second-order valence-electron chi connectivity index (χ2n) is 3.35. The highest BCUT2D eigenvalue weighted by Crippen LogP contribution is 2.06. The van der Waals surface area contributed by atoms with Crippen molar-refractivity contribution in [2.45, 2.75) is 0 Å². The van der Waals surface area contributed by atoms with E-state index in [1.54, 1.807) is 4.24 Å². The maximum absolute atomic E-state index is 3.78. The molecule has 0 N–H and O–H groups in total. The molecular formula is C12H13N2+. The standard InChI is InChI=1S/C12H13N2/c1-13-7-3-11(4-8-13)12-5-9-14(2)10-6-12/h3-10H,1H2,2H3/q+1. The zero-order valence-corrected chi connectivity index (χ0v) is 8.22. The van der Waals surface area contributed by atoms with Crippen LogP contribution < -0.4 is 9.46 Å². The summed E-state index contributed by atoms with van der Waals surface area (Å²) in [5.41, 5.74) is 1.23. The van der Waals surface area contributed by atoms with E-state index in [1.165, 1.54) is 10.8 Å². The molecule has 70 valence electrons. The molecule has 1 aliphatic rings. The van der Waals surface area contributed by atoms with Crippen LogP contribution in [0.4, 0.5) is 0 Å². The van der Waals surface area contributed by atoms with Crippen LogP contribution in [0, 0.1) is 6.72 Å². The summed E-state index contributed by atoms with van der Waals surface area (Å²) in [4.78, 5) is 2.02. The van der Waals surface area contributed by atoms with E-state index in [1.807, 2.05) is 36.7 Å². The first kappa shape index (κ1) is 8.75. The van der Waals surface area contributed by atoms with Gasteiger partial charge in [-0.15, -0.1) is 0 Å². The third-order valence-corrected chi connectivity index (χ3v) is 2.20. The van der Waals surface area contributed by atoms with Crippen LogP contribution in [-0.4, -0.2) is 11.9 Å². The predicted molar refractivity (Wildman–Crippen MR) is 56.5 cm³/mol. The molecule has 2 heteroatoms. The van der Waals surface area contributed by atoms with Gasteiger partial charge in [-0.05, 0) is 22.9 Å². The fourth-order valence-electron chi connectivity index (χ4n) is 1.34. The first-order valence-electron chi connectivity index (χ1n) is 4.53. The van der Waals surface area contributed by atoms with Gasteiger partial charge < -0.3 is 4.90 Å². The lowest BCUT2D eigenvalue weighted by molar-refractivity contribution is -0.498. The number of hydrogen-bond donors (Lipinski definition) is 0. The molecule has 0 radical (unpaired) electrons. The van der Waals surface area contributed by atoms with Gasteiger partial charge in [-0.1, -0.05) is 0 Å². The fraction of sp³-hybridized carbons (Fsp3) is 0.0833. The minimum Gasteiger partial charge on any atom is -0.357 e. The smallest absolute Gasteiger partial charge is 0.174 e. The van der Waals surface area contributed by atoms with E-state index in [0.717, 1.165) is 0 Å². The van der Waals surface area contributed by atoms with Crippen LogP contribution in [-0.2, 0) is 0 Å². The molecule has 0 saturated heterocycles. The summed E-state index contributed by atoms with van der Waals surface area (Å²) in [5.74, 6) is 0. The van der Waals surface area contributed by atoms with E-state index in [2.05, 4.69) is 31.0 Å². The first-order valence-corrected chi connectivity index (χ1v) is 4.53. The Kier molecular flexibility index (Phi) is 2.19. The number of pyridine rings is 1. The Morgan fingerprint density at radius 2 is 1.71 bits per heavy atom.